The molecule has 0 radical (unpaired) electrons. The highest BCUT2D eigenvalue weighted by Crippen LogP contribution is 2.39. The molecule has 21 heavy (non-hydrogen) atoms. The van der Waals surface area contributed by atoms with Crippen LogP contribution in [0.1, 0.15) is 70.0 Å². The van der Waals surface area contributed by atoms with E-state index >= 15 is 0 Å². The third kappa shape index (κ3) is 3.33. The molecule has 1 aromatic rings. The van der Waals surface area contributed by atoms with Gasteiger partial charge in [-0.25, -0.2) is 4.98 Å². The van der Waals surface area contributed by atoms with Gasteiger partial charge in [0, 0.05) is 30.6 Å². The molecule has 4 heteroatoms. The molecular formula is C17H29N3S. The summed E-state index contributed by atoms with van der Waals surface area (Å²) in [7, 11) is 0. The van der Waals surface area contributed by atoms with E-state index in [4.69, 9.17) is 4.98 Å². The first kappa shape index (κ1) is 15.4. The molecule has 1 N–H and O–H groups in total. The van der Waals surface area contributed by atoms with Crippen molar-refractivity contribution in [3.8, 4) is 0 Å². The molecule has 0 atom stereocenters. The van der Waals surface area contributed by atoms with Crippen LogP contribution in [-0.4, -0.2) is 35.1 Å². The van der Waals surface area contributed by atoms with Gasteiger partial charge in [0.2, 0.25) is 0 Å². The Morgan fingerprint density at radius 3 is 2.38 bits per heavy atom. The summed E-state index contributed by atoms with van der Waals surface area (Å²) in [4.78, 5) is 7.59. The molecule has 0 aromatic carbocycles. The third-order valence-corrected chi connectivity index (χ3v) is 6.03. The Kier molecular flexibility index (Phi) is 4.40. The second kappa shape index (κ2) is 5.98. The van der Waals surface area contributed by atoms with Crippen LogP contribution in [0.25, 0.3) is 0 Å². The molecule has 0 bridgehead atoms. The van der Waals surface area contributed by atoms with E-state index in [1.165, 1.54) is 49.5 Å². The highest BCUT2D eigenvalue weighted by molar-refractivity contribution is 7.09. The van der Waals surface area contributed by atoms with Crippen molar-refractivity contribution in [2.24, 2.45) is 0 Å². The van der Waals surface area contributed by atoms with Crippen molar-refractivity contribution >= 4 is 11.3 Å². The van der Waals surface area contributed by atoms with Gasteiger partial charge in [-0.05, 0) is 45.4 Å². The Balaban J connectivity index is 1.80. The SMILES string of the molecule is CC(C)c1csc(C2(NC3CC3)CCN(C(C)C)CC2)n1. The van der Waals surface area contributed by atoms with E-state index in [2.05, 4.69) is 43.3 Å². The Morgan fingerprint density at radius 2 is 1.90 bits per heavy atom. The van der Waals surface area contributed by atoms with Crippen LogP contribution < -0.4 is 5.32 Å². The summed E-state index contributed by atoms with van der Waals surface area (Å²) in [5.74, 6) is 0.531. The molecule has 118 valence electrons. The van der Waals surface area contributed by atoms with Crippen molar-refractivity contribution in [1.82, 2.24) is 15.2 Å². The summed E-state index contributed by atoms with van der Waals surface area (Å²) >= 11 is 1.87. The van der Waals surface area contributed by atoms with Crippen LogP contribution in [0, 0.1) is 0 Å². The summed E-state index contributed by atoms with van der Waals surface area (Å²) in [6.07, 6.45) is 5.09. The maximum absolute atomic E-state index is 4.99. The van der Waals surface area contributed by atoms with Crippen LogP contribution in [0.5, 0.6) is 0 Å². The van der Waals surface area contributed by atoms with Crippen LogP contribution in [0.3, 0.4) is 0 Å². The lowest BCUT2D eigenvalue weighted by molar-refractivity contribution is 0.108. The van der Waals surface area contributed by atoms with Gasteiger partial charge in [-0.1, -0.05) is 13.8 Å². The average molecular weight is 308 g/mol. The van der Waals surface area contributed by atoms with Crippen molar-refractivity contribution in [3.63, 3.8) is 0 Å². The first-order valence-corrected chi connectivity index (χ1v) is 9.36. The normalized spacial score (nSPS) is 23.1. The number of thiazole rings is 1. The lowest BCUT2D eigenvalue weighted by atomic mass is 9.87. The summed E-state index contributed by atoms with van der Waals surface area (Å²) in [6, 6.07) is 1.40. The molecule has 1 aliphatic carbocycles. The van der Waals surface area contributed by atoms with Crippen molar-refractivity contribution in [2.45, 2.75) is 76.9 Å². The van der Waals surface area contributed by atoms with Crippen LogP contribution in [0.15, 0.2) is 5.38 Å². The highest BCUT2D eigenvalue weighted by atomic mass is 32.1. The van der Waals surface area contributed by atoms with Gasteiger partial charge in [0.05, 0.1) is 11.2 Å². The minimum atomic E-state index is 0.143. The molecule has 0 spiro atoms. The van der Waals surface area contributed by atoms with Gasteiger partial charge in [-0.2, -0.15) is 0 Å². The number of nitrogens with one attached hydrogen (secondary N) is 1. The van der Waals surface area contributed by atoms with Crippen molar-refractivity contribution in [1.29, 1.82) is 0 Å². The van der Waals surface area contributed by atoms with E-state index < -0.39 is 0 Å². The highest BCUT2D eigenvalue weighted by Gasteiger charge is 2.42. The summed E-state index contributed by atoms with van der Waals surface area (Å²) in [5, 5.41) is 7.56. The fourth-order valence-electron chi connectivity index (χ4n) is 3.23. The zero-order valence-electron chi connectivity index (χ0n) is 13.9. The second-order valence-electron chi connectivity index (χ2n) is 7.36. The maximum atomic E-state index is 4.99. The quantitative estimate of drug-likeness (QED) is 0.898. The first-order chi connectivity index (χ1) is 10.00. The number of aromatic nitrogens is 1. The molecule has 0 unspecified atom stereocenters. The molecule has 2 aliphatic rings. The molecular weight excluding hydrogens is 278 g/mol. The maximum Gasteiger partial charge on any atom is 0.113 e. The van der Waals surface area contributed by atoms with E-state index in [1.807, 2.05) is 11.3 Å². The van der Waals surface area contributed by atoms with Crippen molar-refractivity contribution in [3.05, 3.63) is 16.1 Å². The van der Waals surface area contributed by atoms with Crippen molar-refractivity contribution < 1.29 is 0 Å². The standard InChI is InChI=1S/C17H29N3S/c1-12(2)15-11-21-16(18-15)17(19-14-5-6-14)7-9-20(10-8-17)13(3)4/h11-14,19H,5-10H2,1-4H3. The molecule has 3 nitrogen and oxygen atoms in total. The molecule has 2 heterocycles. The summed E-state index contributed by atoms with van der Waals surface area (Å²) < 4.78 is 0. The van der Waals surface area contributed by atoms with Crippen LogP contribution in [0.2, 0.25) is 0 Å². The summed E-state index contributed by atoms with van der Waals surface area (Å²) in [5.41, 5.74) is 1.41. The Labute approximate surface area is 133 Å². The Morgan fingerprint density at radius 1 is 1.24 bits per heavy atom. The van der Waals surface area contributed by atoms with Gasteiger partial charge < -0.3 is 10.2 Å². The van der Waals surface area contributed by atoms with Gasteiger partial charge in [0.15, 0.2) is 0 Å². The number of rotatable bonds is 5. The van der Waals surface area contributed by atoms with E-state index in [0.717, 1.165) is 6.04 Å². The molecule has 0 amide bonds. The van der Waals surface area contributed by atoms with Crippen LogP contribution >= 0.6 is 11.3 Å². The number of likely N-dealkylation sites (tertiary alicyclic amines) is 1. The first-order valence-electron chi connectivity index (χ1n) is 8.48. The van der Waals surface area contributed by atoms with Gasteiger partial charge in [0.1, 0.15) is 5.01 Å². The minimum absolute atomic E-state index is 0.143. The zero-order valence-corrected chi connectivity index (χ0v) is 14.7. The monoisotopic (exact) mass is 307 g/mol. The topological polar surface area (TPSA) is 28.2 Å². The molecule has 1 saturated carbocycles. The average Bonchev–Trinajstić information content (AvgIpc) is 3.10. The largest absolute Gasteiger partial charge is 0.303 e. The van der Waals surface area contributed by atoms with E-state index in [9.17, 15) is 0 Å². The van der Waals surface area contributed by atoms with E-state index in [0.29, 0.717) is 12.0 Å². The van der Waals surface area contributed by atoms with Crippen LogP contribution in [-0.2, 0) is 5.54 Å². The molecule has 1 aromatic heterocycles. The lowest BCUT2D eigenvalue weighted by Crippen LogP contribution is -2.53. The molecule has 1 saturated heterocycles. The van der Waals surface area contributed by atoms with Gasteiger partial charge in [0.25, 0.3) is 0 Å². The van der Waals surface area contributed by atoms with Gasteiger partial charge in [-0.15, -0.1) is 11.3 Å². The molecule has 3 rings (SSSR count). The minimum Gasteiger partial charge on any atom is -0.303 e. The molecule has 1 aliphatic heterocycles. The number of piperidine rings is 1. The van der Waals surface area contributed by atoms with E-state index in [1.54, 1.807) is 0 Å². The Hall–Kier alpha value is -0.450. The number of nitrogens with zero attached hydrogens (tertiary/aromatic N) is 2. The fraction of sp³-hybridized carbons (Fsp3) is 0.824. The summed E-state index contributed by atoms with van der Waals surface area (Å²) in [6.45, 7) is 11.5. The fourth-order valence-corrected chi connectivity index (χ4v) is 4.44. The molecule has 2 fully saturated rings. The predicted molar refractivity (Wildman–Crippen MR) is 90.0 cm³/mol. The van der Waals surface area contributed by atoms with Gasteiger partial charge in [-0.3, -0.25) is 0 Å². The zero-order chi connectivity index (χ0) is 15.0. The van der Waals surface area contributed by atoms with Gasteiger partial charge >= 0.3 is 0 Å². The third-order valence-electron chi connectivity index (χ3n) is 4.96. The smallest absolute Gasteiger partial charge is 0.113 e. The van der Waals surface area contributed by atoms with E-state index in [-0.39, 0.29) is 5.54 Å². The predicted octanol–water partition coefficient (Wildman–Crippen LogP) is 3.72. The Bertz CT molecular complexity index is 468. The van der Waals surface area contributed by atoms with Crippen molar-refractivity contribution in [2.75, 3.05) is 13.1 Å². The number of hydrogen-bond donors (Lipinski definition) is 1. The number of hydrogen-bond acceptors (Lipinski definition) is 4. The second-order valence-corrected chi connectivity index (χ2v) is 8.22. The van der Waals surface area contributed by atoms with Crippen LogP contribution in [0.4, 0.5) is 0 Å². The lowest BCUT2D eigenvalue weighted by Gasteiger charge is -2.43.